The van der Waals surface area contributed by atoms with Crippen LogP contribution in [0.25, 0.3) is 21.8 Å². The van der Waals surface area contributed by atoms with E-state index in [1.165, 1.54) is 0 Å². The van der Waals surface area contributed by atoms with Gasteiger partial charge in [-0.1, -0.05) is 11.2 Å². The number of nitrogens with two attached hydrogens (primary N) is 1. The summed E-state index contributed by atoms with van der Waals surface area (Å²) in [5, 5.41) is 5.78. The van der Waals surface area contributed by atoms with Gasteiger partial charge < -0.3 is 14.7 Å². The maximum Gasteiger partial charge on any atom is 0.180 e. The summed E-state index contributed by atoms with van der Waals surface area (Å²) in [7, 11) is 0. The molecule has 3 aromatic rings. The van der Waals surface area contributed by atoms with Gasteiger partial charge in [0.2, 0.25) is 0 Å². The summed E-state index contributed by atoms with van der Waals surface area (Å²) in [6, 6.07) is 5.76. The van der Waals surface area contributed by atoms with Crippen molar-refractivity contribution < 1.29 is 8.94 Å². The predicted molar refractivity (Wildman–Crippen MR) is 61.9 cm³/mol. The topological polar surface area (TPSA) is 65.2 Å². The molecule has 3 heterocycles. The summed E-state index contributed by atoms with van der Waals surface area (Å²) < 4.78 is 10.3. The summed E-state index contributed by atoms with van der Waals surface area (Å²) >= 11 is 1.60. The van der Waals surface area contributed by atoms with Gasteiger partial charge in [0, 0.05) is 4.88 Å². The van der Waals surface area contributed by atoms with E-state index in [-0.39, 0.29) is 0 Å². The van der Waals surface area contributed by atoms with Gasteiger partial charge in [0.15, 0.2) is 11.6 Å². The van der Waals surface area contributed by atoms with E-state index in [1.54, 1.807) is 23.9 Å². The van der Waals surface area contributed by atoms with Crippen LogP contribution in [0.3, 0.4) is 0 Å². The minimum atomic E-state index is 0.402. The Morgan fingerprint density at radius 1 is 1.31 bits per heavy atom. The van der Waals surface area contributed by atoms with Gasteiger partial charge in [0.05, 0.1) is 17.4 Å². The molecule has 0 atom stereocenters. The number of anilines is 1. The van der Waals surface area contributed by atoms with E-state index < -0.39 is 0 Å². The number of nitrogen functional groups attached to an aromatic ring is 1. The first-order valence-electron chi connectivity index (χ1n) is 4.68. The number of hydrogen-bond acceptors (Lipinski definition) is 5. The van der Waals surface area contributed by atoms with Crippen LogP contribution < -0.4 is 5.73 Å². The molecule has 0 saturated carbocycles. The maximum absolute atomic E-state index is 5.81. The summed E-state index contributed by atoms with van der Waals surface area (Å²) in [6.45, 7) is 0. The summed E-state index contributed by atoms with van der Waals surface area (Å²) in [6.07, 6.45) is 3.20. The zero-order chi connectivity index (χ0) is 11.0. The maximum atomic E-state index is 5.81. The van der Waals surface area contributed by atoms with Gasteiger partial charge in [-0.05, 0) is 17.5 Å². The average molecular weight is 232 g/mol. The number of rotatable bonds is 2. The molecule has 0 aliphatic carbocycles. The van der Waals surface area contributed by atoms with Crippen molar-refractivity contribution in [1.29, 1.82) is 0 Å². The largest absolute Gasteiger partial charge is 0.472 e. The molecule has 0 unspecified atom stereocenters. The second kappa shape index (κ2) is 3.53. The first-order chi connectivity index (χ1) is 7.86. The Kier molecular flexibility index (Phi) is 2.04. The lowest BCUT2D eigenvalue weighted by Crippen LogP contribution is -1.86. The molecule has 4 nitrogen and oxygen atoms in total. The van der Waals surface area contributed by atoms with Gasteiger partial charge in [-0.25, -0.2) is 0 Å². The van der Waals surface area contributed by atoms with Gasteiger partial charge in [0.25, 0.3) is 0 Å². The fourth-order valence-electron chi connectivity index (χ4n) is 1.55. The normalized spacial score (nSPS) is 10.8. The monoisotopic (exact) mass is 232 g/mol. The Bertz CT molecular complexity index is 582. The lowest BCUT2D eigenvalue weighted by atomic mass is 10.1. The van der Waals surface area contributed by atoms with Crippen molar-refractivity contribution in [1.82, 2.24) is 5.16 Å². The van der Waals surface area contributed by atoms with Crippen LogP contribution >= 0.6 is 11.3 Å². The Labute approximate surface area is 95.3 Å². The molecule has 0 radical (unpaired) electrons. The van der Waals surface area contributed by atoms with Crippen molar-refractivity contribution in [2.75, 3.05) is 5.73 Å². The van der Waals surface area contributed by atoms with Crippen LogP contribution in [-0.4, -0.2) is 5.16 Å². The van der Waals surface area contributed by atoms with E-state index in [4.69, 9.17) is 14.7 Å². The lowest BCUT2D eigenvalue weighted by molar-refractivity contribution is 0.435. The summed E-state index contributed by atoms with van der Waals surface area (Å²) in [5.41, 5.74) is 7.48. The summed E-state index contributed by atoms with van der Waals surface area (Å²) in [4.78, 5) is 1.04. The van der Waals surface area contributed by atoms with Gasteiger partial charge in [0.1, 0.15) is 6.26 Å². The zero-order valence-electron chi connectivity index (χ0n) is 8.21. The molecule has 80 valence electrons. The van der Waals surface area contributed by atoms with E-state index in [2.05, 4.69) is 5.16 Å². The summed E-state index contributed by atoms with van der Waals surface area (Å²) in [5.74, 6) is 1.05. The third kappa shape index (κ3) is 1.33. The van der Waals surface area contributed by atoms with Crippen LogP contribution in [0.5, 0.6) is 0 Å². The van der Waals surface area contributed by atoms with Gasteiger partial charge >= 0.3 is 0 Å². The van der Waals surface area contributed by atoms with Crippen molar-refractivity contribution in [2.24, 2.45) is 0 Å². The van der Waals surface area contributed by atoms with Gasteiger partial charge in [-0.15, -0.1) is 11.3 Å². The van der Waals surface area contributed by atoms with Crippen LogP contribution in [0.15, 0.2) is 45.0 Å². The highest BCUT2D eigenvalue weighted by molar-refractivity contribution is 7.13. The molecule has 2 N–H and O–H groups in total. The molecule has 0 fully saturated rings. The standard InChI is InChI=1S/C11H8N2O2S/c12-11-9(8-2-1-5-16-8)10(15-13-11)7-3-4-14-6-7/h1-6H,(H2,12,13). The molecular weight excluding hydrogens is 224 g/mol. The SMILES string of the molecule is Nc1noc(-c2ccoc2)c1-c1cccs1. The molecular formula is C11H8N2O2S. The number of aromatic nitrogens is 1. The lowest BCUT2D eigenvalue weighted by Gasteiger charge is -1.95. The van der Waals surface area contributed by atoms with Crippen molar-refractivity contribution in [2.45, 2.75) is 0 Å². The molecule has 0 amide bonds. The second-order valence-electron chi connectivity index (χ2n) is 3.26. The Balaban J connectivity index is 2.21. The van der Waals surface area contributed by atoms with Crippen LogP contribution in [0.2, 0.25) is 0 Å². The highest BCUT2D eigenvalue weighted by Crippen LogP contribution is 2.38. The van der Waals surface area contributed by atoms with Crippen LogP contribution in [0, 0.1) is 0 Å². The predicted octanol–water partition coefficient (Wildman–Crippen LogP) is 3.25. The molecule has 3 aromatic heterocycles. The van der Waals surface area contributed by atoms with Crippen LogP contribution in [0.1, 0.15) is 0 Å². The van der Waals surface area contributed by atoms with E-state index >= 15 is 0 Å². The second-order valence-corrected chi connectivity index (χ2v) is 4.21. The Hall–Kier alpha value is -2.01. The number of furan rings is 1. The fraction of sp³-hybridized carbons (Fsp3) is 0. The number of hydrogen-bond donors (Lipinski definition) is 1. The van der Waals surface area contributed by atoms with Gasteiger partial charge in [-0.3, -0.25) is 0 Å². The van der Waals surface area contributed by atoms with Crippen LogP contribution in [0.4, 0.5) is 5.82 Å². The molecule has 16 heavy (non-hydrogen) atoms. The van der Waals surface area contributed by atoms with E-state index in [9.17, 15) is 0 Å². The molecule has 0 aliphatic heterocycles. The van der Waals surface area contributed by atoms with E-state index in [0.717, 1.165) is 16.0 Å². The molecule has 0 aromatic carbocycles. The van der Waals surface area contributed by atoms with Crippen molar-refractivity contribution in [3.63, 3.8) is 0 Å². The highest BCUT2D eigenvalue weighted by atomic mass is 32.1. The van der Waals surface area contributed by atoms with Crippen LogP contribution in [-0.2, 0) is 0 Å². The number of nitrogens with zero attached hydrogens (tertiary/aromatic N) is 1. The quantitative estimate of drug-likeness (QED) is 0.736. The first kappa shape index (κ1) is 9.23. The number of thiophene rings is 1. The molecule has 0 saturated heterocycles. The first-order valence-corrected chi connectivity index (χ1v) is 5.56. The fourth-order valence-corrected chi connectivity index (χ4v) is 2.33. The Morgan fingerprint density at radius 3 is 2.94 bits per heavy atom. The minimum Gasteiger partial charge on any atom is -0.472 e. The van der Waals surface area contributed by atoms with Crippen molar-refractivity contribution in [3.05, 3.63) is 36.1 Å². The molecule has 5 heteroatoms. The smallest absolute Gasteiger partial charge is 0.180 e. The zero-order valence-corrected chi connectivity index (χ0v) is 9.03. The van der Waals surface area contributed by atoms with E-state index in [1.807, 2.05) is 23.6 Å². The molecule has 3 rings (SSSR count). The van der Waals surface area contributed by atoms with E-state index in [0.29, 0.717) is 11.6 Å². The molecule has 0 spiro atoms. The third-order valence-corrected chi connectivity index (χ3v) is 3.16. The average Bonchev–Trinajstić information content (AvgIpc) is 2.96. The van der Waals surface area contributed by atoms with Crippen molar-refractivity contribution >= 4 is 17.2 Å². The Morgan fingerprint density at radius 2 is 2.25 bits per heavy atom. The highest BCUT2D eigenvalue weighted by Gasteiger charge is 2.18. The van der Waals surface area contributed by atoms with Crippen molar-refractivity contribution in [3.8, 4) is 21.8 Å². The molecule has 0 aliphatic rings. The molecule has 0 bridgehead atoms. The third-order valence-electron chi connectivity index (χ3n) is 2.27. The minimum absolute atomic E-state index is 0.402. The van der Waals surface area contributed by atoms with Gasteiger partial charge in [-0.2, -0.15) is 0 Å².